The van der Waals surface area contributed by atoms with Gasteiger partial charge in [-0.15, -0.1) is 0 Å². The van der Waals surface area contributed by atoms with E-state index in [2.05, 4.69) is 82.7 Å². The highest BCUT2D eigenvalue weighted by Gasteiger charge is 2.48. The van der Waals surface area contributed by atoms with Crippen LogP contribution in [0.1, 0.15) is 134 Å². The number of ether oxygens (including phenoxy) is 1. The highest BCUT2D eigenvalue weighted by atomic mass is 16.5. The van der Waals surface area contributed by atoms with Crippen LogP contribution in [-0.2, 0) is 9.53 Å². The van der Waals surface area contributed by atoms with E-state index in [4.69, 9.17) is 4.74 Å². The molecule has 3 aliphatic carbocycles. The number of hydrogen-bond donors (Lipinski definition) is 0. The largest absolute Gasteiger partial charge is 0.424 e. The van der Waals surface area contributed by atoms with Gasteiger partial charge in [-0.1, -0.05) is 82.7 Å². The Kier molecular flexibility index (Phi) is 10.9. The fourth-order valence-electron chi connectivity index (χ4n) is 11.7. The fraction of sp³-hybridized carbons (Fsp3) is 0.865. The Morgan fingerprint density at radius 3 is 1.87 bits per heavy atom. The highest BCUT2D eigenvalue weighted by molar-refractivity contribution is 6.14. The number of rotatable bonds is 10. The van der Waals surface area contributed by atoms with E-state index in [0.717, 1.165) is 51.4 Å². The Morgan fingerprint density at radius 2 is 1.36 bits per heavy atom. The maximum absolute atomic E-state index is 14.6. The molecule has 4 atom stereocenters. The van der Waals surface area contributed by atoms with Crippen LogP contribution in [0, 0.1) is 55.8 Å². The van der Waals surface area contributed by atoms with Gasteiger partial charge in [0.15, 0.2) is 0 Å². The van der Waals surface area contributed by atoms with E-state index in [9.17, 15) is 14.9 Å². The van der Waals surface area contributed by atoms with Crippen molar-refractivity contribution in [1.29, 1.82) is 5.26 Å². The minimum Gasteiger partial charge on any atom is -0.424 e. The van der Waals surface area contributed by atoms with Crippen LogP contribution in [0.4, 0.5) is 4.79 Å². The Hall–Kier alpha value is -2.17. The topological polar surface area (TPSA) is 76.9 Å². The summed E-state index contributed by atoms with van der Waals surface area (Å²) in [6.45, 7) is 31.2. The Bertz CT molecular complexity index is 1120. The number of urea groups is 1. The molecule has 0 spiro atoms. The van der Waals surface area contributed by atoms with E-state index in [1.807, 2.05) is 19.0 Å². The quantitative estimate of drug-likeness (QED) is 0.140. The van der Waals surface area contributed by atoms with Gasteiger partial charge in [0.05, 0.1) is 0 Å². The van der Waals surface area contributed by atoms with Gasteiger partial charge in [0.25, 0.3) is 6.26 Å². The Morgan fingerprint density at radius 1 is 0.822 bits per heavy atom. The van der Waals surface area contributed by atoms with Crippen LogP contribution in [-0.4, -0.2) is 60.8 Å². The molecular formula is C37H65BN4O3. The van der Waals surface area contributed by atoms with Gasteiger partial charge in [0, 0.05) is 19.6 Å². The molecule has 3 aliphatic rings. The van der Waals surface area contributed by atoms with E-state index in [1.165, 1.54) is 6.42 Å². The number of amides is 3. The molecule has 8 heteroatoms. The lowest BCUT2D eigenvalue weighted by atomic mass is 9.55. The maximum Gasteiger partial charge on any atom is 0.312 e. The predicted molar refractivity (Wildman–Crippen MR) is 185 cm³/mol. The van der Waals surface area contributed by atoms with Crippen molar-refractivity contribution in [3.63, 3.8) is 0 Å². The third-order valence-corrected chi connectivity index (χ3v) is 10.9. The molecule has 254 valence electrons. The molecule has 7 nitrogen and oxygen atoms in total. The minimum absolute atomic E-state index is 0.0358. The molecule has 0 aromatic carbocycles. The van der Waals surface area contributed by atoms with Gasteiger partial charge in [0.2, 0.25) is 14.4 Å². The lowest BCUT2D eigenvalue weighted by Crippen LogP contribution is -2.54. The average Bonchev–Trinajstić information content (AvgIpc) is 2.80. The Labute approximate surface area is 276 Å². The normalized spacial score (nSPS) is 33.2. The fourth-order valence-corrected chi connectivity index (χ4v) is 11.7. The molecule has 0 aromatic rings. The second kappa shape index (κ2) is 13.1. The highest BCUT2D eigenvalue weighted by Crippen LogP contribution is 2.54. The van der Waals surface area contributed by atoms with Crippen LogP contribution in [0.5, 0.6) is 0 Å². The molecule has 0 aliphatic heterocycles. The van der Waals surface area contributed by atoms with Crippen LogP contribution in [0.2, 0.25) is 0 Å². The van der Waals surface area contributed by atoms with Gasteiger partial charge in [-0.05, 0) is 102 Å². The number of hydrogen-bond acceptors (Lipinski definition) is 4. The van der Waals surface area contributed by atoms with Crippen molar-refractivity contribution in [1.82, 2.24) is 14.6 Å². The molecule has 3 amide bonds. The molecule has 0 saturated heterocycles. The van der Waals surface area contributed by atoms with E-state index in [-0.39, 0.29) is 44.6 Å². The standard InChI is InChI=1S/C37H65BN4O3/c1-27-13-28(2)15-35(10,14-27)24-42(38)31(44)41(23-36(11)17-30(45-25-39)16-32(4,5)19-36)29(3)40(26-43)22-37(12)20-33(6,7)18-34(8,9)21-37/h26-28,30H,3,13-24,38H2,1-2,4-12H3. The molecule has 3 fully saturated rings. The molecule has 3 saturated carbocycles. The van der Waals surface area contributed by atoms with Gasteiger partial charge >= 0.3 is 6.03 Å². The first-order valence-corrected chi connectivity index (χ1v) is 17.4. The number of nitriles is 1. The third-order valence-electron chi connectivity index (χ3n) is 10.9. The van der Waals surface area contributed by atoms with Crippen molar-refractivity contribution in [3.8, 4) is 6.26 Å². The van der Waals surface area contributed by atoms with Gasteiger partial charge < -0.3 is 14.4 Å². The monoisotopic (exact) mass is 625 g/mol. The third kappa shape index (κ3) is 9.91. The minimum atomic E-state index is -0.326. The summed E-state index contributed by atoms with van der Waals surface area (Å²) in [7, 11) is 1.91. The van der Waals surface area contributed by atoms with Crippen LogP contribution < -0.4 is 0 Å². The van der Waals surface area contributed by atoms with Gasteiger partial charge in [-0.3, -0.25) is 9.69 Å². The van der Waals surface area contributed by atoms with Crippen LogP contribution in [0.3, 0.4) is 0 Å². The molecule has 0 heterocycles. The van der Waals surface area contributed by atoms with Crippen molar-refractivity contribution in [2.75, 3.05) is 19.6 Å². The number of carbonyl (C=O) groups excluding carboxylic acids is 2. The van der Waals surface area contributed by atoms with Crippen molar-refractivity contribution >= 4 is 20.4 Å². The molecular weight excluding hydrogens is 559 g/mol. The van der Waals surface area contributed by atoms with Gasteiger partial charge in [-0.2, -0.15) is 5.26 Å². The smallest absolute Gasteiger partial charge is 0.312 e. The molecule has 0 aromatic heterocycles. The molecule has 0 radical (unpaired) electrons. The SMILES string of the molecule is BN(CC1(C)CC(C)CC(C)C1)C(=O)N(CC1(C)CC(OC#N)CC(C)(C)C1)C(=C)N(C=O)CC1(C)CC(C)(C)CC(C)(C)C1. The summed E-state index contributed by atoms with van der Waals surface area (Å²) in [4.78, 5) is 32.9. The molecule has 3 rings (SSSR count). The maximum atomic E-state index is 14.6. The predicted octanol–water partition coefficient (Wildman–Crippen LogP) is 7.98. The van der Waals surface area contributed by atoms with Gasteiger partial charge in [0.1, 0.15) is 11.9 Å². The summed E-state index contributed by atoms with van der Waals surface area (Å²) in [6, 6.07) is -0.115. The number of carbonyl (C=O) groups is 2. The molecule has 0 N–H and O–H groups in total. The summed E-state index contributed by atoms with van der Waals surface area (Å²) in [5, 5.41) is 9.36. The first kappa shape index (κ1) is 37.3. The Balaban J connectivity index is 1.95. The van der Waals surface area contributed by atoms with Crippen molar-refractivity contribution in [2.24, 2.45) is 44.3 Å². The summed E-state index contributed by atoms with van der Waals surface area (Å²) in [5.41, 5.74) is -0.150. The van der Waals surface area contributed by atoms with Crippen LogP contribution in [0.15, 0.2) is 12.4 Å². The zero-order valence-electron chi connectivity index (χ0n) is 31.0. The summed E-state index contributed by atoms with van der Waals surface area (Å²) in [5.74, 6) is 1.70. The van der Waals surface area contributed by atoms with Crippen molar-refractivity contribution < 1.29 is 14.3 Å². The lowest BCUT2D eigenvalue weighted by Gasteiger charge is -2.52. The van der Waals surface area contributed by atoms with E-state index < -0.39 is 0 Å². The summed E-state index contributed by atoms with van der Waals surface area (Å²) in [6.07, 6.45) is 11.5. The zero-order valence-corrected chi connectivity index (χ0v) is 31.0. The summed E-state index contributed by atoms with van der Waals surface area (Å²) < 4.78 is 5.52. The molecule has 45 heavy (non-hydrogen) atoms. The molecule has 4 unspecified atom stereocenters. The lowest BCUT2D eigenvalue weighted by molar-refractivity contribution is -0.120. The second-order valence-corrected chi connectivity index (χ2v) is 19.6. The first-order valence-electron chi connectivity index (χ1n) is 17.4. The number of nitrogens with zero attached hydrogens (tertiary/aromatic N) is 4. The summed E-state index contributed by atoms with van der Waals surface area (Å²) >= 11 is 0. The second-order valence-electron chi connectivity index (χ2n) is 19.6. The van der Waals surface area contributed by atoms with E-state index in [1.54, 1.807) is 9.80 Å². The average molecular weight is 625 g/mol. The first-order chi connectivity index (χ1) is 20.4. The van der Waals surface area contributed by atoms with Crippen molar-refractivity contribution in [2.45, 2.75) is 140 Å². The van der Waals surface area contributed by atoms with Crippen molar-refractivity contribution in [3.05, 3.63) is 12.4 Å². The zero-order chi connectivity index (χ0) is 34.2. The van der Waals surface area contributed by atoms with E-state index in [0.29, 0.717) is 43.7 Å². The molecule has 0 bridgehead atoms. The van der Waals surface area contributed by atoms with Crippen LogP contribution >= 0.6 is 0 Å². The van der Waals surface area contributed by atoms with E-state index >= 15 is 0 Å². The van der Waals surface area contributed by atoms with Gasteiger partial charge in [-0.25, -0.2) is 4.79 Å². The van der Waals surface area contributed by atoms with Crippen LogP contribution in [0.25, 0.3) is 0 Å².